The number of anilines is 2. The number of imide groups is 2. The number of carbonyl (C=O) groups is 4. The molecule has 0 N–H and O–H groups in total. The third-order valence-electron chi connectivity index (χ3n) is 20.4. The average Bonchev–Trinajstić information content (AvgIpc) is 0.892. The van der Waals surface area contributed by atoms with Gasteiger partial charge in [0.2, 0.25) is 0 Å². The molecule has 0 bridgehead atoms. The highest BCUT2D eigenvalue weighted by molar-refractivity contribution is 6.66. The zero-order valence-electron chi connectivity index (χ0n) is 54.0. The van der Waals surface area contributed by atoms with Crippen molar-refractivity contribution in [1.29, 1.82) is 0 Å². The number of amides is 4. The fourth-order valence-corrected chi connectivity index (χ4v) is 15.4. The molecule has 1 saturated heterocycles. The number of nitrogens with zero attached hydrogens (tertiary/aromatic N) is 3. The normalized spacial score (nSPS) is 15.5. The summed E-state index contributed by atoms with van der Waals surface area (Å²) in [6.07, 6.45) is 0. The van der Waals surface area contributed by atoms with Crippen LogP contribution in [-0.4, -0.2) is 46.9 Å². The monoisotopic (exact) mass is 1240 g/mol. The van der Waals surface area contributed by atoms with Gasteiger partial charge < -0.3 is 9.31 Å². The number of hydrogen-bond acceptors (Lipinski definition) is 8. The minimum absolute atomic E-state index is 0.0609. The van der Waals surface area contributed by atoms with Gasteiger partial charge in [0, 0.05) is 44.1 Å². The average molecular weight is 1240 g/mol. The molecule has 0 atom stereocenters. The number of carbonyl (C=O) groups excluding carboxylic acids is 4. The molecule has 13 aromatic carbocycles. The zero-order valence-corrected chi connectivity index (χ0v) is 54.7. The van der Waals surface area contributed by atoms with E-state index in [9.17, 15) is 29.3 Å². The number of para-hydroxylation sites is 2. The van der Waals surface area contributed by atoms with Gasteiger partial charge in [-0.15, -0.1) is 0 Å². The third kappa shape index (κ3) is 8.64. The summed E-state index contributed by atoms with van der Waals surface area (Å²) in [5.41, 5.74) is 8.71. The number of hydrogen-bond donors (Lipinski definition) is 0. The first-order valence-corrected chi connectivity index (χ1v) is 32.4. The van der Waals surface area contributed by atoms with Gasteiger partial charge in [-0.3, -0.25) is 29.3 Å². The summed E-state index contributed by atoms with van der Waals surface area (Å²) in [4.78, 5) is 72.4. The molecule has 13 heteroatoms. The van der Waals surface area contributed by atoms with Crippen LogP contribution in [-0.2, 0) is 9.31 Å². The number of fused-ring (bicyclic) bond motifs is 4. The van der Waals surface area contributed by atoms with Crippen LogP contribution in [0.1, 0.15) is 170 Å². The van der Waals surface area contributed by atoms with Crippen molar-refractivity contribution in [3.05, 3.63) is 223 Å². The number of nitro benzene ring substituents is 1. The van der Waals surface area contributed by atoms with Gasteiger partial charge in [0.15, 0.2) is 0 Å². The second-order valence-corrected chi connectivity index (χ2v) is 28.0. The fourth-order valence-electron chi connectivity index (χ4n) is 15.2. The van der Waals surface area contributed by atoms with Gasteiger partial charge in [0.05, 0.1) is 33.1 Å². The van der Waals surface area contributed by atoms with Gasteiger partial charge in [-0.2, -0.15) is 0 Å². The molecule has 3 aliphatic rings. The van der Waals surface area contributed by atoms with Gasteiger partial charge in [-0.05, 0) is 196 Å². The molecule has 0 aliphatic carbocycles. The van der Waals surface area contributed by atoms with Crippen LogP contribution in [0.25, 0.3) is 97.3 Å². The van der Waals surface area contributed by atoms with Crippen LogP contribution >= 0.6 is 11.6 Å². The molecule has 0 radical (unpaired) electrons. The number of rotatable bonds is 9. The van der Waals surface area contributed by atoms with Crippen molar-refractivity contribution in [2.24, 2.45) is 0 Å². The molecule has 13 aromatic rings. The predicted octanol–water partition coefficient (Wildman–Crippen LogP) is 20.1. The summed E-state index contributed by atoms with van der Waals surface area (Å²) in [5.74, 6) is -0.677. The van der Waals surface area contributed by atoms with Crippen molar-refractivity contribution in [2.75, 3.05) is 9.80 Å². The molecular formula is C80H67BClN3O8. The Morgan fingerprint density at radius 3 is 1.09 bits per heavy atom. The number of nitro groups is 1. The third-order valence-corrected chi connectivity index (χ3v) is 20.7. The largest absolute Gasteiger partial charge is 0.495 e. The van der Waals surface area contributed by atoms with E-state index in [1.165, 1.54) is 15.9 Å². The van der Waals surface area contributed by atoms with Gasteiger partial charge in [0.25, 0.3) is 29.3 Å². The van der Waals surface area contributed by atoms with Crippen LogP contribution in [0.3, 0.4) is 0 Å². The first-order valence-electron chi connectivity index (χ1n) is 32.1. The standard InChI is InChI=1S/C40H38BNO4.C40H29ClN2O4/c1-21(2)23-11-9-12-24(22(3)4)36(23)42-37(43)30-17-15-27-25-13-10-14-29-32(41-45-39(5,6)40(7,8)46-41)20-19-26(33(25)29)28-16-18-31(38(42)44)35(30)34(27)28;1-20(2)23-7-5-8-24(21(3)4)38(23)42-39(44)32-17-15-30-28-10-6-9-27-25(26-12-11-22(41)19-34(26)43(46)47)13-14-29(35(27)28)31-16-18-33(40(42)45)37(32)36(30)31/h9-22H,1-8H3;5-21H,1-4H3. The second kappa shape index (κ2) is 21.2. The Kier molecular flexibility index (Phi) is 13.6. The molecule has 16 rings (SSSR count). The lowest BCUT2D eigenvalue weighted by Gasteiger charge is -2.32. The predicted molar refractivity (Wildman–Crippen MR) is 380 cm³/mol. The minimum atomic E-state index is -0.489. The van der Waals surface area contributed by atoms with Crippen LogP contribution in [0.2, 0.25) is 5.02 Å². The van der Waals surface area contributed by atoms with Crippen LogP contribution < -0.4 is 15.3 Å². The first kappa shape index (κ1) is 59.7. The van der Waals surface area contributed by atoms with Crippen molar-refractivity contribution >= 4 is 151 Å². The molecular weight excluding hydrogens is 1180 g/mol. The Morgan fingerprint density at radius 2 is 0.699 bits per heavy atom. The Bertz CT molecular complexity index is 5260. The van der Waals surface area contributed by atoms with E-state index >= 15 is 0 Å². The number of benzene rings is 13. The molecule has 0 unspecified atom stereocenters. The molecule has 1 fully saturated rings. The van der Waals surface area contributed by atoms with Crippen LogP contribution in [0.15, 0.2) is 164 Å². The van der Waals surface area contributed by atoms with E-state index in [0.29, 0.717) is 43.9 Å². The van der Waals surface area contributed by atoms with Gasteiger partial charge in [-0.25, -0.2) is 9.80 Å². The van der Waals surface area contributed by atoms with Gasteiger partial charge in [0.1, 0.15) is 0 Å². The highest BCUT2D eigenvalue weighted by atomic mass is 35.5. The highest BCUT2D eigenvalue weighted by Gasteiger charge is 2.52. The van der Waals surface area contributed by atoms with E-state index in [2.05, 4.69) is 126 Å². The van der Waals surface area contributed by atoms with Gasteiger partial charge >= 0.3 is 7.12 Å². The smallest absolute Gasteiger partial charge is 0.399 e. The first-order chi connectivity index (χ1) is 44.4. The zero-order chi connectivity index (χ0) is 65.3. The highest BCUT2D eigenvalue weighted by Crippen LogP contribution is 2.51. The maximum atomic E-state index is 14.5. The summed E-state index contributed by atoms with van der Waals surface area (Å²) >= 11 is 6.14. The Labute approximate surface area is 543 Å². The lowest BCUT2D eigenvalue weighted by Crippen LogP contribution is -2.41. The Balaban J connectivity index is 0.000000154. The van der Waals surface area contributed by atoms with Crippen molar-refractivity contribution in [3.63, 3.8) is 0 Å². The van der Waals surface area contributed by atoms with Crippen LogP contribution in [0.4, 0.5) is 17.1 Å². The molecule has 4 amide bonds. The van der Waals surface area contributed by atoms with E-state index in [4.69, 9.17) is 20.9 Å². The van der Waals surface area contributed by atoms with E-state index in [0.717, 1.165) is 120 Å². The lowest BCUT2D eigenvalue weighted by molar-refractivity contribution is -0.384. The molecule has 11 nitrogen and oxygen atoms in total. The molecule has 3 aliphatic heterocycles. The fraction of sp³-hybridized carbons (Fsp3) is 0.225. The topological polar surface area (TPSA) is 136 Å². The van der Waals surface area contributed by atoms with E-state index in [1.807, 2.05) is 103 Å². The van der Waals surface area contributed by atoms with E-state index in [-0.39, 0.29) is 53.0 Å². The number of halogens is 1. The minimum Gasteiger partial charge on any atom is -0.399 e. The quantitative estimate of drug-likeness (QED) is 0.0348. The maximum Gasteiger partial charge on any atom is 0.495 e. The van der Waals surface area contributed by atoms with Crippen LogP contribution in [0.5, 0.6) is 0 Å². The molecule has 0 spiro atoms. The summed E-state index contributed by atoms with van der Waals surface area (Å²) < 4.78 is 13.0. The Morgan fingerprint density at radius 1 is 0.387 bits per heavy atom. The Hall–Kier alpha value is -9.59. The summed E-state index contributed by atoms with van der Waals surface area (Å²) in [7, 11) is -0.489. The van der Waals surface area contributed by atoms with Crippen molar-refractivity contribution in [1.82, 2.24) is 0 Å². The van der Waals surface area contributed by atoms with Crippen molar-refractivity contribution < 1.29 is 33.4 Å². The van der Waals surface area contributed by atoms with Crippen LogP contribution in [0, 0.1) is 10.1 Å². The summed E-state index contributed by atoms with van der Waals surface area (Å²) in [6.45, 7) is 25.0. The maximum absolute atomic E-state index is 14.5. The van der Waals surface area contributed by atoms with Gasteiger partial charge in [-0.1, -0.05) is 188 Å². The van der Waals surface area contributed by atoms with Crippen molar-refractivity contribution in [2.45, 2.75) is 118 Å². The second-order valence-electron chi connectivity index (χ2n) is 27.5. The SMILES string of the molecule is CC(C)c1cccc(C(C)C)c1N1C(=O)c2ccc3c4cccc5c(-c6ccc(Cl)cc6[N+](=O)[O-])ccc(c6ccc(c2c36)C1=O)c54.CC(C)c1cccc(C(C)C)c1N1C(=O)c2ccc3c4cccc5c(B6OC(C)(C)C(C)(C)O6)ccc(c6ccc(c2c36)C1=O)c54. The van der Waals surface area contributed by atoms with Crippen molar-refractivity contribution in [3.8, 4) is 11.1 Å². The molecule has 460 valence electrons. The molecule has 0 aromatic heterocycles. The van der Waals surface area contributed by atoms with E-state index < -0.39 is 23.2 Å². The van der Waals surface area contributed by atoms with E-state index in [1.54, 1.807) is 12.1 Å². The summed E-state index contributed by atoms with van der Waals surface area (Å²) in [5, 5.41) is 27.6. The molecule has 93 heavy (non-hydrogen) atoms. The lowest BCUT2D eigenvalue weighted by atomic mass is 9.74. The molecule has 0 saturated carbocycles. The summed E-state index contributed by atoms with van der Waals surface area (Å²) in [6, 6.07) is 52.9. The molecule has 3 heterocycles.